The van der Waals surface area contributed by atoms with Gasteiger partial charge in [-0.2, -0.15) is 15.0 Å². The van der Waals surface area contributed by atoms with E-state index in [0.29, 0.717) is 17.0 Å². The van der Waals surface area contributed by atoms with Gasteiger partial charge in [-0.05, 0) is 31.1 Å². The van der Waals surface area contributed by atoms with Crippen molar-refractivity contribution in [3.8, 4) is 6.01 Å². The fourth-order valence-corrected chi connectivity index (χ4v) is 3.16. The van der Waals surface area contributed by atoms with Gasteiger partial charge in [-0.3, -0.25) is 5.32 Å². The van der Waals surface area contributed by atoms with Crippen LogP contribution in [0.3, 0.4) is 0 Å². The van der Waals surface area contributed by atoms with Crippen LogP contribution in [0.2, 0.25) is 0 Å². The predicted molar refractivity (Wildman–Crippen MR) is 98.8 cm³/mol. The molecule has 2 N–H and O–H groups in total. The summed E-state index contributed by atoms with van der Waals surface area (Å²) in [6.45, 7) is 6.99. The average molecular weight is 387 g/mol. The van der Waals surface area contributed by atoms with Crippen LogP contribution in [0.1, 0.15) is 18.3 Å². The summed E-state index contributed by atoms with van der Waals surface area (Å²) in [5, 5.41) is 2.24. The number of hydrogen-bond donors (Lipinski definition) is 2. The molecule has 9 nitrogen and oxygen atoms in total. The van der Waals surface area contributed by atoms with Crippen LogP contribution in [0.25, 0.3) is 5.57 Å². The molecule has 2 rings (SSSR count). The summed E-state index contributed by atoms with van der Waals surface area (Å²) in [7, 11) is -2.75. The third-order valence-electron chi connectivity index (χ3n) is 3.00. The molecule has 0 fully saturated rings. The van der Waals surface area contributed by atoms with E-state index in [1.165, 1.54) is 13.2 Å². The molecule has 0 unspecified atom stereocenters. The first-order valence-corrected chi connectivity index (χ1v) is 8.56. The molecule has 0 spiro atoms. The van der Waals surface area contributed by atoms with Gasteiger partial charge in [0.15, 0.2) is 0 Å². The van der Waals surface area contributed by atoms with Gasteiger partial charge in [0.25, 0.3) is 10.0 Å². The van der Waals surface area contributed by atoms with E-state index >= 15 is 0 Å². The Kier molecular flexibility index (Phi) is 7.69. The number of hydrogen-bond acceptors (Lipinski definition) is 7. The Morgan fingerprint density at radius 1 is 1.19 bits per heavy atom. The van der Waals surface area contributed by atoms with E-state index in [-0.39, 0.29) is 46.4 Å². The molecule has 0 aliphatic heterocycles. The minimum atomic E-state index is -4.11. The molecule has 2 amide bonds. The Bertz CT molecular complexity index is 933. The zero-order chi connectivity index (χ0) is 18.6. The molecule has 0 radical (unpaired) electrons. The number of rotatable bonds is 5. The zero-order valence-corrected chi connectivity index (χ0v) is 14.7. The summed E-state index contributed by atoms with van der Waals surface area (Å²) in [6, 6.07) is 5.22. The van der Waals surface area contributed by atoms with Gasteiger partial charge >= 0.3 is 41.6 Å². The van der Waals surface area contributed by atoms with Crippen LogP contribution in [0, 0.1) is 6.92 Å². The van der Waals surface area contributed by atoms with Gasteiger partial charge in [0.2, 0.25) is 5.95 Å². The second-order valence-electron chi connectivity index (χ2n) is 5.03. The maximum absolute atomic E-state index is 12.5. The van der Waals surface area contributed by atoms with E-state index in [1.54, 1.807) is 32.0 Å². The molecule has 11 heteroatoms. The Labute approximate surface area is 173 Å². The van der Waals surface area contributed by atoms with Gasteiger partial charge in [-0.25, -0.2) is 17.9 Å². The Morgan fingerprint density at radius 3 is 2.46 bits per heavy atom. The van der Waals surface area contributed by atoms with E-state index in [1.807, 2.05) is 4.72 Å². The number of nitrogens with one attached hydrogen (secondary N) is 2. The van der Waals surface area contributed by atoms with Crippen LogP contribution in [0.5, 0.6) is 6.01 Å². The molecule has 1 heterocycles. The number of carbonyl (C=O) groups is 1. The molecule has 134 valence electrons. The summed E-state index contributed by atoms with van der Waals surface area (Å²) < 4.78 is 31.7. The van der Waals surface area contributed by atoms with Crippen LogP contribution in [0.15, 0.2) is 35.7 Å². The first-order valence-electron chi connectivity index (χ1n) is 7.08. The number of methoxy groups -OCH3 is 1. The van der Waals surface area contributed by atoms with Crippen molar-refractivity contribution >= 4 is 57.1 Å². The molecule has 0 bridgehead atoms. The monoisotopic (exact) mass is 387 g/mol. The number of aryl methyl sites for hydroxylation is 1. The van der Waals surface area contributed by atoms with Gasteiger partial charge < -0.3 is 4.74 Å². The first-order chi connectivity index (χ1) is 11.7. The summed E-state index contributed by atoms with van der Waals surface area (Å²) in [6.07, 6.45) is 0. The Hall–Kier alpha value is -2.01. The van der Waals surface area contributed by atoms with Crippen LogP contribution in [-0.2, 0) is 10.0 Å². The number of urea groups is 1. The number of allylic oxidation sites excluding steroid dienone is 1. The average Bonchev–Trinajstić information content (AvgIpc) is 2.53. The third kappa shape index (κ3) is 5.49. The van der Waals surface area contributed by atoms with Crippen molar-refractivity contribution in [3.05, 3.63) is 42.2 Å². The number of sulfonamides is 1. The Morgan fingerprint density at radius 2 is 1.85 bits per heavy atom. The molecule has 0 atom stereocenters. The second-order valence-corrected chi connectivity index (χ2v) is 6.68. The van der Waals surface area contributed by atoms with E-state index in [9.17, 15) is 13.2 Å². The predicted octanol–water partition coefficient (Wildman–Crippen LogP) is 1.08. The normalized spacial score (nSPS) is 10.4. The molecule has 0 aliphatic carbocycles. The van der Waals surface area contributed by atoms with E-state index in [2.05, 4.69) is 26.8 Å². The standard InChI is InChI=1S/C15H17N5O4S.Na.H/c1-9(2)11-7-5-6-8-12(11)25(22,23)20-14(21)18-13-16-10(3)17-15(19-13)24-4;;/h5-8H,1H2,2-4H3,(H2,16,17,18,19,20,21);;. The van der Waals surface area contributed by atoms with Crippen molar-refractivity contribution in [2.75, 3.05) is 12.4 Å². The molecule has 26 heavy (non-hydrogen) atoms. The van der Waals surface area contributed by atoms with Gasteiger partial charge in [-0.1, -0.05) is 24.8 Å². The van der Waals surface area contributed by atoms with Crippen molar-refractivity contribution in [1.29, 1.82) is 0 Å². The molecule has 2 aromatic rings. The molecule has 1 aromatic carbocycles. The number of aromatic nitrogens is 3. The van der Waals surface area contributed by atoms with Gasteiger partial charge in [0, 0.05) is 0 Å². The quantitative estimate of drug-likeness (QED) is 0.736. The number of nitrogens with zero attached hydrogens (tertiary/aromatic N) is 3. The number of carbonyl (C=O) groups excluding carboxylic acids is 1. The van der Waals surface area contributed by atoms with Crippen molar-refractivity contribution < 1.29 is 17.9 Å². The van der Waals surface area contributed by atoms with Crippen molar-refractivity contribution in [3.63, 3.8) is 0 Å². The van der Waals surface area contributed by atoms with Gasteiger partial charge in [-0.15, -0.1) is 0 Å². The molecule has 1 aromatic heterocycles. The summed E-state index contributed by atoms with van der Waals surface area (Å²) in [5.41, 5.74) is 0.972. The summed E-state index contributed by atoms with van der Waals surface area (Å²) in [4.78, 5) is 23.5. The number of amides is 2. The van der Waals surface area contributed by atoms with Crippen LogP contribution in [-0.4, -0.2) is 66.1 Å². The van der Waals surface area contributed by atoms with Crippen molar-refractivity contribution in [2.24, 2.45) is 0 Å². The van der Waals surface area contributed by atoms with Crippen molar-refractivity contribution in [2.45, 2.75) is 18.7 Å². The van der Waals surface area contributed by atoms with Crippen LogP contribution in [0.4, 0.5) is 10.7 Å². The maximum atomic E-state index is 12.5. The molecule has 0 saturated carbocycles. The Balaban J connectivity index is 0.00000338. The SMILES string of the molecule is C=C(C)c1ccccc1S(=O)(=O)NC(=O)Nc1nc(C)nc(OC)n1.[NaH]. The fourth-order valence-electron chi connectivity index (χ4n) is 1.96. The van der Waals surface area contributed by atoms with Gasteiger partial charge in [0.1, 0.15) is 5.82 Å². The molecular weight excluding hydrogens is 369 g/mol. The number of anilines is 1. The van der Waals surface area contributed by atoms with Gasteiger partial charge in [0.05, 0.1) is 12.0 Å². The van der Waals surface area contributed by atoms with E-state index in [4.69, 9.17) is 4.74 Å². The van der Waals surface area contributed by atoms with Crippen LogP contribution < -0.4 is 14.8 Å². The second kappa shape index (κ2) is 9.08. The number of ether oxygens (including phenoxy) is 1. The topological polar surface area (TPSA) is 123 Å². The van der Waals surface area contributed by atoms with Crippen LogP contribution >= 0.6 is 0 Å². The fraction of sp³-hybridized carbons (Fsp3) is 0.200. The molecule has 0 saturated heterocycles. The third-order valence-corrected chi connectivity index (χ3v) is 4.39. The summed E-state index contributed by atoms with van der Waals surface area (Å²) >= 11 is 0. The van der Waals surface area contributed by atoms with E-state index < -0.39 is 16.1 Å². The first kappa shape index (κ1) is 22.0. The zero-order valence-electron chi connectivity index (χ0n) is 13.9. The summed E-state index contributed by atoms with van der Waals surface area (Å²) in [5.74, 6) is 0.169. The molecular formula is C15H18N5NaO4S. The van der Waals surface area contributed by atoms with Crippen molar-refractivity contribution in [1.82, 2.24) is 19.7 Å². The van der Waals surface area contributed by atoms with E-state index in [0.717, 1.165) is 0 Å². The molecule has 0 aliphatic rings. The minimum absolute atomic E-state index is 0. The number of benzene rings is 1.